The number of nitrogens with zero attached hydrogens (tertiary/aromatic N) is 1. The molecule has 3 aromatic rings. The van der Waals surface area contributed by atoms with Crippen LogP contribution in [0.3, 0.4) is 0 Å². The van der Waals surface area contributed by atoms with Crippen LogP contribution in [-0.4, -0.2) is 9.97 Å². The summed E-state index contributed by atoms with van der Waals surface area (Å²) >= 11 is 1.68. The Hall–Kier alpha value is -2.14. The Bertz CT molecular complexity index is 893. The fourth-order valence-electron chi connectivity index (χ4n) is 2.99. The lowest BCUT2D eigenvalue weighted by Crippen LogP contribution is -2.14. The number of hydrogen-bond acceptors (Lipinski definition) is 4. The number of anilines is 1. The van der Waals surface area contributed by atoms with Crippen molar-refractivity contribution in [2.24, 2.45) is 0 Å². The van der Waals surface area contributed by atoms with Crippen LogP contribution in [0.25, 0.3) is 10.2 Å². The molecule has 0 saturated heterocycles. The number of H-pyrrole nitrogens is 1. The summed E-state index contributed by atoms with van der Waals surface area (Å²) in [5.74, 6) is 0.693. The van der Waals surface area contributed by atoms with E-state index in [0.29, 0.717) is 12.4 Å². The van der Waals surface area contributed by atoms with Gasteiger partial charge in [0.2, 0.25) is 0 Å². The molecule has 2 heterocycles. The molecule has 0 spiro atoms. The van der Waals surface area contributed by atoms with E-state index in [9.17, 15) is 4.79 Å². The van der Waals surface area contributed by atoms with E-state index in [0.717, 1.165) is 35.2 Å². The van der Waals surface area contributed by atoms with E-state index in [4.69, 9.17) is 0 Å². The highest BCUT2D eigenvalue weighted by atomic mass is 32.1. The van der Waals surface area contributed by atoms with Gasteiger partial charge in [-0.15, -0.1) is 11.3 Å². The normalized spacial score (nSPS) is 13.5. The van der Waals surface area contributed by atoms with Crippen molar-refractivity contribution in [1.29, 1.82) is 0 Å². The number of fused-ring (bicyclic) bond motifs is 3. The van der Waals surface area contributed by atoms with E-state index in [2.05, 4.69) is 34.3 Å². The summed E-state index contributed by atoms with van der Waals surface area (Å²) in [6.07, 6.45) is 3.26. The van der Waals surface area contributed by atoms with Gasteiger partial charge in [-0.05, 0) is 43.9 Å². The average Bonchev–Trinajstić information content (AvgIpc) is 3.06. The number of benzene rings is 1. The van der Waals surface area contributed by atoms with Gasteiger partial charge in [0.1, 0.15) is 10.7 Å². The zero-order chi connectivity index (χ0) is 15.1. The lowest BCUT2D eigenvalue weighted by Gasteiger charge is -2.06. The molecule has 0 unspecified atom stereocenters. The molecule has 0 amide bonds. The van der Waals surface area contributed by atoms with Gasteiger partial charge in [0, 0.05) is 10.6 Å². The van der Waals surface area contributed by atoms with Crippen LogP contribution in [0.15, 0.2) is 29.1 Å². The Labute approximate surface area is 132 Å². The topological polar surface area (TPSA) is 57.8 Å². The Balaban J connectivity index is 1.63. The maximum atomic E-state index is 12.4. The molecule has 1 aliphatic rings. The number of aromatic nitrogens is 2. The maximum absolute atomic E-state index is 12.4. The number of thiophene rings is 1. The van der Waals surface area contributed by atoms with Crippen LogP contribution in [-0.2, 0) is 19.4 Å². The van der Waals surface area contributed by atoms with Crippen LogP contribution in [0.5, 0.6) is 0 Å². The number of hydrogen-bond donors (Lipinski definition) is 2. The highest BCUT2D eigenvalue weighted by Gasteiger charge is 2.20. The van der Waals surface area contributed by atoms with E-state index in [1.165, 1.54) is 16.0 Å². The van der Waals surface area contributed by atoms with Crippen LogP contribution < -0.4 is 10.9 Å². The minimum atomic E-state index is 0.00473. The molecule has 22 heavy (non-hydrogen) atoms. The zero-order valence-corrected chi connectivity index (χ0v) is 13.2. The van der Waals surface area contributed by atoms with Gasteiger partial charge in [0.05, 0.1) is 11.9 Å². The smallest absolute Gasteiger partial charge is 0.259 e. The summed E-state index contributed by atoms with van der Waals surface area (Å²) in [5, 5.41) is 4.12. The van der Waals surface area contributed by atoms with Gasteiger partial charge in [-0.3, -0.25) is 4.79 Å². The van der Waals surface area contributed by atoms with Gasteiger partial charge >= 0.3 is 0 Å². The number of aryl methyl sites for hydroxylation is 3. The van der Waals surface area contributed by atoms with Crippen molar-refractivity contribution in [3.63, 3.8) is 0 Å². The van der Waals surface area contributed by atoms with Crippen LogP contribution in [0, 0.1) is 6.92 Å². The first-order valence-corrected chi connectivity index (χ1v) is 8.36. The quantitative estimate of drug-likeness (QED) is 0.779. The second-order valence-electron chi connectivity index (χ2n) is 5.77. The Morgan fingerprint density at radius 1 is 1.27 bits per heavy atom. The molecular formula is C17H17N3OS. The van der Waals surface area contributed by atoms with Crippen LogP contribution in [0.4, 0.5) is 5.69 Å². The Morgan fingerprint density at radius 2 is 2.09 bits per heavy atom. The number of rotatable bonds is 3. The van der Waals surface area contributed by atoms with Crippen molar-refractivity contribution in [3.05, 3.63) is 56.4 Å². The Morgan fingerprint density at radius 3 is 2.91 bits per heavy atom. The Kier molecular flexibility index (Phi) is 3.22. The lowest BCUT2D eigenvalue weighted by molar-refractivity contribution is 0.913. The molecule has 0 atom stereocenters. The van der Waals surface area contributed by atoms with Crippen molar-refractivity contribution >= 4 is 27.2 Å². The highest BCUT2D eigenvalue weighted by molar-refractivity contribution is 7.18. The third kappa shape index (κ3) is 2.31. The number of aromatic amines is 1. The van der Waals surface area contributed by atoms with Gasteiger partial charge in [-0.2, -0.15) is 0 Å². The van der Waals surface area contributed by atoms with Gasteiger partial charge in [-0.1, -0.05) is 17.7 Å². The van der Waals surface area contributed by atoms with Crippen molar-refractivity contribution in [2.45, 2.75) is 32.7 Å². The molecule has 2 aromatic heterocycles. The third-order valence-electron chi connectivity index (χ3n) is 4.14. The zero-order valence-electron chi connectivity index (χ0n) is 12.4. The van der Waals surface area contributed by atoms with E-state index in [-0.39, 0.29) is 5.56 Å². The molecule has 0 saturated carbocycles. The first kappa shape index (κ1) is 13.5. The molecule has 2 N–H and O–H groups in total. The molecule has 1 aromatic carbocycles. The van der Waals surface area contributed by atoms with Gasteiger partial charge < -0.3 is 10.3 Å². The predicted molar refractivity (Wildman–Crippen MR) is 90.8 cm³/mol. The van der Waals surface area contributed by atoms with Crippen LogP contribution in [0.2, 0.25) is 0 Å². The van der Waals surface area contributed by atoms with Gasteiger partial charge in [0.15, 0.2) is 0 Å². The van der Waals surface area contributed by atoms with E-state index in [1.54, 1.807) is 11.3 Å². The SMILES string of the molecule is Cc1ccc(NCc2nc3sc4c(c3c(=O)[nH]2)CCC4)cc1. The fraction of sp³-hybridized carbons (Fsp3) is 0.294. The first-order chi connectivity index (χ1) is 10.7. The monoisotopic (exact) mass is 311 g/mol. The van der Waals surface area contributed by atoms with Crippen molar-refractivity contribution in [3.8, 4) is 0 Å². The van der Waals surface area contributed by atoms with Gasteiger partial charge in [0.25, 0.3) is 5.56 Å². The van der Waals surface area contributed by atoms with Crippen molar-refractivity contribution in [1.82, 2.24) is 9.97 Å². The van der Waals surface area contributed by atoms with E-state index < -0.39 is 0 Å². The van der Waals surface area contributed by atoms with E-state index >= 15 is 0 Å². The molecule has 4 nitrogen and oxygen atoms in total. The minimum absolute atomic E-state index is 0.00473. The molecule has 4 rings (SSSR count). The lowest BCUT2D eigenvalue weighted by atomic mass is 10.2. The molecular weight excluding hydrogens is 294 g/mol. The van der Waals surface area contributed by atoms with Crippen molar-refractivity contribution in [2.75, 3.05) is 5.32 Å². The first-order valence-electron chi connectivity index (χ1n) is 7.55. The molecule has 0 radical (unpaired) electrons. The average molecular weight is 311 g/mol. The second-order valence-corrected chi connectivity index (χ2v) is 6.85. The molecule has 0 aliphatic heterocycles. The maximum Gasteiger partial charge on any atom is 0.259 e. The van der Waals surface area contributed by atoms with E-state index in [1.807, 2.05) is 12.1 Å². The fourth-order valence-corrected chi connectivity index (χ4v) is 4.27. The molecule has 112 valence electrons. The summed E-state index contributed by atoms with van der Waals surface area (Å²) in [6, 6.07) is 8.19. The third-order valence-corrected chi connectivity index (χ3v) is 5.32. The number of nitrogens with one attached hydrogen (secondary N) is 2. The molecule has 5 heteroatoms. The molecule has 0 bridgehead atoms. The second kappa shape index (κ2) is 5.25. The highest BCUT2D eigenvalue weighted by Crippen LogP contribution is 2.34. The summed E-state index contributed by atoms with van der Waals surface area (Å²) in [5.41, 5.74) is 3.49. The molecule has 0 fully saturated rings. The van der Waals surface area contributed by atoms with Crippen LogP contribution >= 0.6 is 11.3 Å². The van der Waals surface area contributed by atoms with Crippen LogP contribution in [0.1, 0.15) is 28.2 Å². The summed E-state index contributed by atoms with van der Waals surface area (Å²) in [4.78, 5) is 22.1. The van der Waals surface area contributed by atoms with Gasteiger partial charge in [-0.25, -0.2) is 4.98 Å². The summed E-state index contributed by atoms with van der Waals surface area (Å²) < 4.78 is 0. The van der Waals surface area contributed by atoms with Crippen molar-refractivity contribution < 1.29 is 0 Å². The predicted octanol–water partition coefficient (Wildman–Crippen LogP) is 3.39. The largest absolute Gasteiger partial charge is 0.378 e. The minimum Gasteiger partial charge on any atom is -0.378 e. The summed E-state index contributed by atoms with van der Waals surface area (Å²) in [6.45, 7) is 2.59. The molecule has 1 aliphatic carbocycles. The standard InChI is InChI=1S/C17H17N3OS/c1-10-5-7-11(8-6-10)18-9-14-19-16(21)15-12-3-2-4-13(12)22-17(15)20-14/h5-8,18H,2-4,9H2,1H3,(H,19,20,21). The summed E-state index contributed by atoms with van der Waals surface area (Å²) in [7, 11) is 0.